The molecule has 0 saturated carbocycles. The summed E-state index contributed by atoms with van der Waals surface area (Å²) >= 11 is 4.72. The van der Waals surface area contributed by atoms with Gasteiger partial charge in [0.2, 0.25) is 4.96 Å². The van der Waals surface area contributed by atoms with Gasteiger partial charge in [-0.15, -0.1) is 10.2 Å². The molecule has 7 heteroatoms. The second-order valence-corrected chi connectivity index (χ2v) is 6.48. The van der Waals surface area contributed by atoms with E-state index < -0.39 is 0 Å². The number of nitrogens with zero attached hydrogens (tertiary/aromatic N) is 4. The Labute approximate surface area is 137 Å². The molecular weight excluding hydrogens is 367 g/mol. The van der Waals surface area contributed by atoms with Crippen molar-refractivity contribution in [2.24, 2.45) is 0 Å². The second-order valence-electron chi connectivity index (χ2n) is 4.61. The molecule has 0 amide bonds. The van der Waals surface area contributed by atoms with Crippen LogP contribution in [0.1, 0.15) is 0 Å². The van der Waals surface area contributed by atoms with Crippen LogP contribution in [0.25, 0.3) is 26.9 Å². The highest BCUT2D eigenvalue weighted by Crippen LogP contribution is 2.29. The molecule has 0 aliphatic rings. The first kappa shape index (κ1) is 13.5. The van der Waals surface area contributed by atoms with Crippen LogP contribution in [0.4, 0.5) is 4.39 Å². The summed E-state index contributed by atoms with van der Waals surface area (Å²) in [6.45, 7) is 0. The van der Waals surface area contributed by atoms with Crippen LogP contribution in [-0.4, -0.2) is 19.8 Å². The van der Waals surface area contributed by atoms with E-state index >= 15 is 0 Å². The van der Waals surface area contributed by atoms with E-state index in [1.54, 1.807) is 22.7 Å². The van der Waals surface area contributed by atoms with E-state index in [0.29, 0.717) is 21.4 Å². The van der Waals surface area contributed by atoms with E-state index in [9.17, 15) is 4.39 Å². The van der Waals surface area contributed by atoms with E-state index in [-0.39, 0.29) is 5.82 Å². The fraction of sp³-hybridized carbons (Fsp3) is 0. The van der Waals surface area contributed by atoms with Crippen molar-refractivity contribution in [3.05, 3.63) is 58.8 Å². The zero-order valence-corrected chi connectivity index (χ0v) is 13.5. The van der Waals surface area contributed by atoms with E-state index in [4.69, 9.17) is 0 Å². The third kappa shape index (κ3) is 2.22. The van der Waals surface area contributed by atoms with Gasteiger partial charge in [0.1, 0.15) is 5.82 Å². The van der Waals surface area contributed by atoms with Crippen LogP contribution in [-0.2, 0) is 0 Å². The molecule has 0 saturated heterocycles. The summed E-state index contributed by atoms with van der Waals surface area (Å²) in [5, 5.41) is 13.3. The SMILES string of the molecule is Fc1ccccc1-c1nn2c(-c3ccc(Br)cc3)nnc2s1. The number of fused-ring (bicyclic) bond motifs is 1. The Bertz CT molecular complexity index is 961. The first-order chi connectivity index (χ1) is 10.7. The Kier molecular flexibility index (Phi) is 3.24. The van der Waals surface area contributed by atoms with Gasteiger partial charge in [-0.2, -0.15) is 9.61 Å². The molecule has 0 atom stereocenters. The molecule has 4 aromatic rings. The van der Waals surface area contributed by atoms with Gasteiger partial charge in [0.15, 0.2) is 10.8 Å². The molecule has 4 nitrogen and oxygen atoms in total. The highest BCUT2D eigenvalue weighted by Gasteiger charge is 2.16. The monoisotopic (exact) mass is 374 g/mol. The molecule has 0 aliphatic carbocycles. The molecule has 0 spiro atoms. The summed E-state index contributed by atoms with van der Waals surface area (Å²) in [5.41, 5.74) is 1.38. The van der Waals surface area contributed by atoms with Crippen LogP contribution < -0.4 is 0 Å². The fourth-order valence-corrected chi connectivity index (χ4v) is 3.27. The molecule has 2 aromatic carbocycles. The highest BCUT2D eigenvalue weighted by molar-refractivity contribution is 9.10. The molecule has 0 N–H and O–H groups in total. The van der Waals surface area contributed by atoms with Crippen molar-refractivity contribution in [3.8, 4) is 22.0 Å². The van der Waals surface area contributed by atoms with E-state index in [1.165, 1.54) is 17.4 Å². The Balaban J connectivity index is 1.86. The Morgan fingerprint density at radius 2 is 1.77 bits per heavy atom. The summed E-state index contributed by atoms with van der Waals surface area (Å²) < 4.78 is 16.5. The fourth-order valence-electron chi connectivity index (χ4n) is 2.14. The maximum Gasteiger partial charge on any atom is 0.235 e. The lowest BCUT2D eigenvalue weighted by atomic mass is 10.2. The lowest BCUT2D eigenvalue weighted by Crippen LogP contribution is -1.91. The van der Waals surface area contributed by atoms with Crippen LogP contribution in [0, 0.1) is 5.82 Å². The molecule has 0 bridgehead atoms. The summed E-state index contributed by atoms with van der Waals surface area (Å²) in [5.74, 6) is 0.346. The van der Waals surface area contributed by atoms with Gasteiger partial charge in [-0.25, -0.2) is 4.39 Å². The standard InChI is InChI=1S/C15H8BrFN4S/c16-10-7-5-9(6-8-10)13-18-19-15-21(13)20-14(22-15)11-3-1-2-4-12(11)17/h1-8H. The van der Waals surface area contributed by atoms with E-state index in [2.05, 4.69) is 31.2 Å². The summed E-state index contributed by atoms with van der Waals surface area (Å²) in [4.78, 5) is 0.635. The predicted molar refractivity (Wildman–Crippen MR) is 87.2 cm³/mol. The molecule has 0 fully saturated rings. The zero-order valence-electron chi connectivity index (χ0n) is 11.1. The zero-order chi connectivity index (χ0) is 15.1. The van der Waals surface area contributed by atoms with Gasteiger partial charge in [-0.05, 0) is 24.3 Å². The number of aromatic nitrogens is 4. The van der Waals surface area contributed by atoms with Gasteiger partial charge >= 0.3 is 0 Å². The van der Waals surface area contributed by atoms with Gasteiger partial charge in [0, 0.05) is 15.6 Å². The van der Waals surface area contributed by atoms with Gasteiger partial charge in [-0.3, -0.25) is 0 Å². The number of rotatable bonds is 2. The summed E-state index contributed by atoms with van der Waals surface area (Å²) in [6, 6.07) is 14.3. The first-order valence-corrected chi connectivity index (χ1v) is 8.06. The maximum atomic E-state index is 13.9. The lowest BCUT2D eigenvalue weighted by Gasteiger charge is -1.98. The topological polar surface area (TPSA) is 43.1 Å². The molecule has 0 unspecified atom stereocenters. The molecule has 0 radical (unpaired) electrons. The van der Waals surface area contributed by atoms with Crippen molar-refractivity contribution in [2.45, 2.75) is 0 Å². The number of hydrogen-bond acceptors (Lipinski definition) is 4. The van der Waals surface area contributed by atoms with Gasteiger partial charge in [-0.1, -0.05) is 51.5 Å². The van der Waals surface area contributed by atoms with Crippen molar-refractivity contribution >= 4 is 32.2 Å². The van der Waals surface area contributed by atoms with Crippen molar-refractivity contribution in [1.29, 1.82) is 0 Å². The molecule has 108 valence electrons. The number of hydrogen-bond donors (Lipinski definition) is 0. The molecule has 22 heavy (non-hydrogen) atoms. The minimum atomic E-state index is -0.294. The van der Waals surface area contributed by atoms with Gasteiger partial charge in [0.05, 0.1) is 0 Å². The Morgan fingerprint density at radius 1 is 1.00 bits per heavy atom. The average Bonchev–Trinajstić information content (AvgIpc) is 3.09. The second kappa shape index (κ2) is 5.26. The van der Waals surface area contributed by atoms with Crippen LogP contribution in [0.15, 0.2) is 53.0 Å². The molecular formula is C15H8BrFN4S. The number of halogens is 2. The maximum absolute atomic E-state index is 13.9. The highest BCUT2D eigenvalue weighted by atomic mass is 79.9. The summed E-state index contributed by atoms with van der Waals surface area (Å²) in [7, 11) is 0. The first-order valence-electron chi connectivity index (χ1n) is 6.45. The third-order valence-electron chi connectivity index (χ3n) is 3.20. The van der Waals surface area contributed by atoms with Crippen molar-refractivity contribution in [2.75, 3.05) is 0 Å². The van der Waals surface area contributed by atoms with Crippen molar-refractivity contribution in [1.82, 2.24) is 19.8 Å². The smallest absolute Gasteiger partial charge is 0.206 e. The van der Waals surface area contributed by atoms with Crippen LogP contribution >= 0.6 is 27.3 Å². The van der Waals surface area contributed by atoms with Crippen LogP contribution in [0.3, 0.4) is 0 Å². The minimum Gasteiger partial charge on any atom is -0.206 e. The predicted octanol–water partition coefficient (Wildman–Crippen LogP) is 4.42. The Morgan fingerprint density at radius 3 is 2.55 bits per heavy atom. The van der Waals surface area contributed by atoms with Gasteiger partial charge < -0.3 is 0 Å². The molecule has 0 aliphatic heterocycles. The lowest BCUT2D eigenvalue weighted by molar-refractivity contribution is 0.631. The molecule has 2 aromatic heterocycles. The van der Waals surface area contributed by atoms with E-state index in [0.717, 1.165) is 10.0 Å². The van der Waals surface area contributed by atoms with Crippen LogP contribution in [0.5, 0.6) is 0 Å². The third-order valence-corrected chi connectivity index (χ3v) is 4.66. The van der Waals surface area contributed by atoms with E-state index in [1.807, 2.05) is 24.3 Å². The molecule has 4 rings (SSSR count). The molecule has 2 heterocycles. The quantitative estimate of drug-likeness (QED) is 0.521. The van der Waals surface area contributed by atoms with Crippen molar-refractivity contribution < 1.29 is 4.39 Å². The Hall–Kier alpha value is -2.12. The minimum absolute atomic E-state index is 0.294. The summed E-state index contributed by atoms with van der Waals surface area (Å²) in [6.07, 6.45) is 0. The number of benzene rings is 2. The average molecular weight is 375 g/mol. The van der Waals surface area contributed by atoms with Gasteiger partial charge in [0.25, 0.3) is 0 Å². The van der Waals surface area contributed by atoms with Crippen LogP contribution in [0.2, 0.25) is 0 Å². The van der Waals surface area contributed by atoms with Crippen molar-refractivity contribution in [3.63, 3.8) is 0 Å². The largest absolute Gasteiger partial charge is 0.235 e. The normalized spacial score (nSPS) is 11.2.